The molecule has 0 aromatic heterocycles. The molecule has 3 aromatic rings. The van der Waals surface area contributed by atoms with Crippen LogP contribution in [0.1, 0.15) is 31.9 Å². The van der Waals surface area contributed by atoms with Gasteiger partial charge in [0.25, 0.3) is 10.0 Å². The fourth-order valence-electron chi connectivity index (χ4n) is 3.96. The minimum absolute atomic E-state index is 0.00668. The average Bonchev–Trinajstić information content (AvgIpc) is 2.92. The first-order chi connectivity index (χ1) is 18.6. The van der Waals surface area contributed by atoms with Gasteiger partial charge in [-0.1, -0.05) is 35.9 Å². The molecule has 1 atom stereocenters. The van der Waals surface area contributed by atoms with Crippen molar-refractivity contribution in [3.63, 3.8) is 0 Å². The summed E-state index contributed by atoms with van der Waals surface area (Å²) >= 11 is 0. The summed E-state index contributed by atoms with van der Waals surface area (Å²) < 4.78 is 48.6. The molecule has 0 unspecified atom stereocenters. The Balaban J connectivity index is 2.04. The van der Waals surface area contributed by atoms with Crippen LogP contribution in [0.25, 0.3) is 0 Å². The molecular formula is C29H34FN3O5S. The Morgan fingerprint density at radius 3 is 2.21 bits per heavy atom. The van der Waals surface area contributed by atoms with Gasteiger partial charge in [-0.25, -0.2) is 12.8 Å². The van der Waals surface area contributed by atoms with Crippen LogP contribution in [0, 0.1) is 12.7 Å². The van der Waals surface area contributed by atoms with Crippen molar-refractivity contribution >= 4 is 27.5 Å². The summed E-state index contributed by atoms with van der Waals surface area (Å²) in [7, 11) is -4.19. The van der Waals surface area contributed by atoms with Gasteiger partial charge in [0.2, 0.25) is 11.8 Å². The van der Waals surface area contributed by atoms with Crippen molar-refractivity contribution in [2.24, 2.45) is 0 Å². The van der Waals surface area contributed by atoms with E-state index in [1.165, 1.54) is 42.2 Å². The normalized spacial score (nSPS) is 11.9. The third kappa shape index (κ3) is 7.35. The first-order valence-electron chi connectivity index (χ1n) is 12.7. The number of nitrogens with one attached hydrogen (secondary N) is 1. The van der Waals surface area contributed by atoms with E-state index in [-0.39, 0.29) is 22.7 Å². The van der Waals surface area contributed by atoms with E-state index in [1.807, 2.05) is 13.8 Å². The van der Waals surface area contributed by atoms with Crippen molar-refractivity contribution in [2.45, 2.75) is 45.2 Å². The number of nitrogens with zero attached hydrogens (tertiary/aromatic N) is 2. The fourth-order valence-corrected chi connectivity index (χ4v) is 5.37. The monoisotopic (exact) mass is 555 g/mol. The van der Waals surface area contributed by atoms with Crippen molar-refractivity contribution in [1.29, 1.82) is 0 Å². The Hall–Kier alpha value is -3.92. The summed E-state index contributed by atoms with van der Waals surface area (Å²) in [6.45, 7) is 6.90. The minimum Gasteiger partial charge on any atom is -0.494 e. The van der Waals surface area contributed by atoms with Crippen LogP contribution in [0.15, 0.2) is 77.7 Å². The lowest BCUT2D eigenvalue weighted by Crippen LogP contribution is -2.51. The predicted octanol–water partition coefficient (Wildman–Crippen LogP) is 4.28. The molecule has 0 heterocycles. The van der Waals surface area contributed by atoms with Crippen molar-refractivity contribution in [2.75, 3.05) is 24.0 Å². The molecule has 1 N–H and O–H groups in total. The summed E-state index contributed by atoms with van der Waals surface area (Å²) in [6.07, 6.45) is 0. The Labute approximate surface area is 229 Å². The summed E-state index contributed by atoms with van der Waals surface area (Å²) in [5.74, 6) is -1.09. The molecule has 3 aromatic carbocycles. The Morgan fingerprint density at radius 1 is 0.974 bits per heavy atom. The highest BCUT2D eigenvalue weighted by Crippen LogP contribution is 2.27. The second-order valence-electron chi connectivity index (χ2n) is 8.94. The first kappa shape index (κ1) is 29.6. The van der Waals surface area contributed by atoms with E-state index in [0.29, 0.717) is 18.9 Å². The van der Waals surface area contributed by atoms with E-state index in [9.17, 15) is 22.4 Å². The molecule has 0 aliphatic carbocycles. The van der Waals surface area contributed by atoms with Crippen molar-refractivity contribution < 1.29 is 27.1 Å². The number of rotatable bonds is 12. The van der Waals surface area contributed by atoms with E-state index < -0.39 is 40.2 Å². The SMILES string of the molecule is CCNC(=O)[C@@H](C)N(Cc1ccccc1F)C(=O)CN(c1ccc(OCC)cc1)S(=O)(=O)c1ccc(C)cc1. The van der Waals surface area contributed by atoms with Gasteiger partial charge in [0.15, 0.2) is 0 Å². The van der Waals surface area contributed by atoms with Crippen LogP contribution >= 0.6 is 0 Å². The highest BCUT2D eigenvalue weighted by atomic mass is 32.2. The molecule has 0 aliphatic rings. The summed E-state index contributed by atoms with van der Waals surface area (Å²) in [6, 6.07) is 17.6. The number of carbonyl (C=O) groups excluding carboxylic acids is 2. The zero-order valence-corrected chi connectivity index (χ0v) is 23.4. The number of ether oxygens (including phenoxy) is 1. The maximum atomic E-state index is 14.5. The van der Waals surface area contributed by atoms with Gasteiger partial charge >= 0.3 is 0 Å². The lowest BCUT2D eigenvalue weighted by atomic mass is 10.1. The number of amides is 2. The second kappa shape index (κ2) is 13.2. The highest BCUT2D eigenvalue weighted by Gasteiger charge is 2.32. The zero-order valence-electron chi connectivity index (χ0n) is 22.6. The number of hydrogen-bond acceptors (Lipinski definition) is 5. The van der Waals surface area contributed by atoms with Gasteiger partial charge in [-0.05, 0) is 70.2 Å². The third-order valence-electron chi connectivity index (χ3n) is 6.14. The molecule has 10 heteroatoms. The van der Waals surface area contributed by atoms with Crippen LogP contribution in [0.3, 0.4) is 0 Å². The number of likely N-dealkylation sites (N-methyl/N-ethyl adjacent to an activating group) is 1. The van der Waals surface area contributed by atoms with Crippen molar-refractivity contribution in [3.8, 4) is 5.75 Å². The smallest absolute Gasteiger partial charge is 0.264 e. The van der Waals surface area contributed by atoms with E-state index in [4.69, 9.17) is 4.74 Å². The summed E-state index contributed by atoms with van der Waals surface area (Å²) in [5.41, 5.74) is 1.32. The molecule has 0 spiro atoms. The lowest BCUT2D eigenvalue weighted by Gasteiger charge is -2.32. The largest absolute Gasteiger partial charge is 0.494 e. The molecule has 208 valence electrons. The molecule has 0 saturated heterocycles. The van der Waals surface area contributed by atoms with Gasteiger partial charge in [-0.15, -0.1) is 0 Å². The Morgan fingerprint density at radius 2 is 1.62 bits per heavy atom. The Bertz CT molecular complexity index is 1380. The van der Waals surface area contributed by atoms with Crippen molar-refractivity contribution in [3.05, 3.63) is 89.7 Å². The van der Waals surface area contributed by atoms with Crippen LogP contribution in [0.5, 0.6) is 5.75 Å². The number of halogens is 1. The third-order valence-corrected chi connectivity index (χ3v) is 7.93. The quantitative estimate of drug-likeness (QED) is 0.360. The van der Waals surface area contributed by atoms with Crippen LogP contribution in [0.2, 0.25) is 0 Å². The minimum atomic E-state index is -4.19. The molecule has 0 bridgehead atoms. The van der Waals surface area contributed by atoms with E-state index in [1.54, 1.807) is 49.4 Å². The van der Waals surface area contributed by atoms with Gasteiger partial charge in [-0.3, -0.25) is 13.9 Å². The van der Waals surface area contributed by atoms with Gasteiger partial charge in [-0.2, -0.15) is 0 Å². The highest BCUT2D eigenvalue weighted by molar-refractivity contribution is 7.92. The summed E-state index contributed by atoms with van der Waals surface area (Å²) in [4.78, 5) is 27.7. The van der Waals surface area contributed by atoms with Crippen LogP contribution in [-0.4, -0.2) is 50.9 Å². The Kier molecular flexibility index (Phi) is 10.1. The maximum absolute atomic E-state index is 14.5. The predicted molar refractivity (Wildman–Crippen MR) is 148 cm³/mol. The van der Waals surface area contributed by atoms with E-state index in [2.05, 4.69) is 5.32 Å². The van der Waals surface area contributed by atoms with Crippen LogP contribution in [-0.2, 0) is 26.2 Å². The number of carbonyl (C=O) groups is 2. The topological polar surface area (TPSA) is 96.0 Å². The van der Waals surface area contributed by atoms with Crippen molar-refractivity contribution in [1.82, 2.24) is 10.2 Å². The number of sulfonamides is 1. The lowest BCUT2D eigenvalue weighted by molar-refractivity contribution is -0.139. The average molecular weight is 556 g/mol. The molecule has 3 rings (SSSR count). The number of benzene rings is 3. The van der Waals surface area contributed by atoms with Gasteiger partial charge in [0.1, 0.15) is 24.2 Å². The molecular weight excluding hydrogens is 521 g/mol. The molecule has 39 heavy (non-hydrogen) atoms. The molecule has 8 nitrogen and oxygen atoms in total. The maximum Gasteiger partial charge on any atom is 0.264 e. The van der Waals surface area contributed by atoms with Gasteiger partial charge in [0, 0.05) is 18.7 Å². The molecule has 0 saturated carbocycles. The van der Waals surface area contributed by atoms with Gasteiger partial charge in [0.05, 0.1) is 17.2 Å². The van der Waals surface area contributed by atoms with Crippen LogP contribution in [0.4, 0.5) is 10.1 Å². The molecule has 2 amide bonds. The molecule has 0 fully saturated rings. The molecule has 0 radical (unpaired) electrons. The van der Waals surface area contributed by atoms with E-state index in [0.717, 1.165) is 9.87 Å². The molecule has 0 aliphatic heterocycles. The fraction of sp³-hybridized carbons (Fsp3) is 0.310. The number of aryl methyl sites for hydroxylation is 1. The number of anilines is 1. The van der Waals surface area contributed by atoms with Gasteiger partial charge < -0.3 is 15.0 Å². The first-order valence-corrected chi connectivity index (χ1v) is 14.1. The summed E-state index contributed by atoms with van der Waals surface area (Å²) in [5, 5.41) is 2.67. The number of hydrogen-bond donors (Lipinski definition) is 1. The standard InChI is InChI=1S/C29H34FN3O5S/c1-5-31-29(35)22(4)32(19-23-9-7-8-10-27(23)30)28(34)20-33(24-13-15-25(16-14-24)38-6-2)39(36,37)26-17-11-21(3)12-18-26/h7-18,22H,5-6,19-20H2,1-4H3,(H,31,35)/t22-/m1/s1. The van der Waals surface area contributed by atoms with Crippen LogP contribution < -0.4 is 14.4 Å². The second-order valence-corrected chi connectivity index (χ2v) is 10.8. The zero-order chi connectivity index (χ0) is 28.6. The van der Waals surface area contributed by atoms with E-state index >= 15 is 0 Å².